The Morgan fingerprint density at radius 2 is 1.90 bits per heavy atom. The van der Waals surface area contributed by atoms with E-state index in [0.717, 1.165) is 11.3 Å². The lowest BCUT2D eigenvalue weighted by Crippen LogP contribution is -2.21. The normalized spacial score (nSPS) is 10.0. The van der Waals surface area contributed by atoms with Crippen molar-refractivity contribution in [3.8, 4) is 5.75 Å². The highest BCUT2D eigenvalue weighted by atomic mass is 16.5. The monoisotopic (exact) mass is 285 g/mol. The summed E-state index contributed by atoms with van der Waals surface area (Å²) in [6, 6.07) is 14.6. The number of carbonyl (C=O) groups is 1. The highest BCUT2D eigenvalue weighted by Crippen LogP contribution is 2.18. The van der Waals surface area contributed by atoms with E-state index in [2.05, 4.69) is 16.0 Å². The van der Waals surface area contributed by atoms with Gasteiger partial charge in [0, 0.05) is 24.0 Å². The molecule has 0 aliphatic heterocycles. The number of urea groups is 1. The fourth-order valence-corrected chi connectivity index (χ4v) is 1.97. The van der Waals surface area contributed by atoms with Crippen molar-refractivity contribution < 1.29 is 9.53 Å². The molecule has 0 bridgehead atoms. The van der Waals surface area contributed by atoms with Gasteiger partial charge in [-0.3, -0.25) is 0 Å². The van der Waals surface area contributed by atoms with E-state index in [1.54, 1.807) is 13.2 Å². The van der Waals surface area contributed by atoms with Gasteiger partial charge in [0.2, 0.25) is 0 Å². The molecule has 3 N–H and O–H groups in total. The minimum Gasteiger partial charge on any atom is -0.497 e. The van der Waals surface area contributed by atoms with E-state index in [4.69, 9.17) is 4.74 Å². The maximum Gasteiger partial charge on any atom is 0.323 e. The Morgan fingerprint density at radius 1 is 1.10 bits per heavy atom. The van der Waals surface area contributed by atoms with E-state index in [-0.39, 0.29) is 6.03 Å². The molecule has 2 aromatic rings. The van der Waals surface area contributed by atoms with Crippen LogP contribution in [0.25, 0.3) is 0 Å². The molecule has 2 amide bonds. The highest BCUT2D eigenvalue weighted by Gasteiger charge is 2.06. The van der Waals surface area contributed by atoms with E-state index in [9.17, 15) is 4.79 Å². The van der Waals surface area contributed by atoms with Gasteiger partial charge in [-0.25, -0.2) is 4.79 Å². The first-order chi connectivity index (χ1) is 10.2. The minimum absolute atomic E-state index is 0.285. The maximum absolute atomic E-state index is 12.1. The summed E-state index contributed by atoms with van der Waals surface area (Å²) in [4.78, 5) is 12.1. The van der Waals surface area contributed by atoms with E-state index in [0.29, 0.717) is 18.0 Å². The first-order valence-corrected chi connectivity index (χ1v) is 6.67. The fraction of sp³-hybridized carbons (Fsp3) is 0.188. The van der Waals surface area contributed by atoms with Crippen molar-refractivity contribution in [3.63, 3.8) is 0 Å². The van der Waals surface area contributed by atoms with Gasteiger partial charge in [0.05, 0.1) is 7.11 Å². The van der Waals surface area contributed by atoms with Crippen LogP contribution < -0.4 is 20.7 Å². The third kappa shape index (κ3) is 4.22. The van der Waals surface area contributed by atoms with Crippen LogP contribution in [0, 0.1) is 0 Å². The third-order valence-corrected chi connectivity index (χ3v) is 2.96. The van der Waals surface area contributed by atoms with Crippen LogP contribution >= 0.6 is 0 Å². The second-order valence-corrected chi connectivity index (χ2v) is 4.50. The number of methoxy groups -OCH3 is 1. The molecule has 0 aliphatic rings. The SMILES string of the molecule is CNCc1ccccc1NC(=O)Nc1cccc(OC)c1. The third-order valence-electron chi connectivity index (χ3n) is 2.96. The van der Waals surface area contributed by atoms with E-state index < -0.39 is 0 Å². The van der Waals surface area contributed by atoms with E-state index in [1.807, 2.05) is 49.5 Å². The number of nitrogens with one attached hydrogen (secondary N) is 3. The molecule has 0 aromatic heterocycles. The molecule has 0 saturated heterocycles. The molecule has 0 unspecified atom stereocenters. The molecule has 21 heavy (non-hydrogen) atoms. The average Bonchev–Trinajstić information content (AvgIpc) is 2.49. The standard InChI is InChI=1S/C16H19N3O2/c1-17-11-12-6-3-4-9-15(12)19-16(20)18-13-7-5-8-14(10-13)21-2/h3-10,17H,11H2,1-2H3,(H2,18,19,20). The number of para-hydroxylation sites is 1. The summed E-state index contributed by atoms with van der Waals surface area (Å²) in [5, 5.41) is 8.71. The summed E-state index contributed by atoms with van der Waals surface area (Å²) < 4.78 is 5.13. The molecular formula is C16H19N3O2. The molecule has 0 spiro atoms. The number of carbonyl (C=O) groups excluding carboxylic acids is 1. The molecule has 0 heterocycles. The van der Waals surface area contributed by atoms with Gasteiger partial charge in [-0.2, -0.15) is 0 Å². The predicted molar refractivity (Wildman–Crippen MR) is 84.8 cm³/mol. The lowest BCUT2D eigenvalue weighted by Gasteiger charge is -2.12. The largest absolute Gasteiger partial charge is 0.497 e. The van der Waals surface area contributed by atoms with Crippen LogP contribution in [0.15, 0.2) is 48.5 Å². The second-order valence-electron chi connectivity index (χ2n) is 4.50. The lowest BCUT2D eigenvalue weighted by atomic mass is 10.2. The van der Waals surface area contributed by atoms with Crippen molar-refractivity contribution >= 4 is 17.4 Å². The molecule has 0 radical (unpaired) electrons. The molecule has 2 rings (SSSR count). The Kier molecular flexibility index (Phi) is 5.17. The van der Waals surface area contributed by atoms with Gasteiger partial charge in [-0.05, 0) is 30.8 Å². The van der Waals surface area contributed by atoms with Gasteiger partial charge in [0.15, 0.2) is 0 Å². The van der Waals surface area contributed by atoms with Crippen molar-refractivity contribution in [2.45, 2.75) is 6.54 Å². The summed E-state index contributed by atoms with van der Waals surface area (Å²) in [6.45, 7) is 0.690. The summed E-state index contributed by atoms with van der Waals surface area (Å²) in [5.74, 6) is 0.698. The summed E-state index contributed by atoms with van der Waals surface area (Å²) in [7, 11) is 3.46. The first kappa shape index (κ1) is 14.9. The minimum atomic E-state index is -0.285. The lowest BCUT2D eigenvalue weighted by molar-refractivity contribution is 0.262. The number of amides is 2. The smallest absolute Gasteiger partial charge is 0.323 e. The molecule has 2 aromatic carbocycles. The van der Waals surface area contributed by atoms with Gasteiger partial charge in [0.1, 0.15) is 5.75 Å². The van der Waals surface area contributed by atoms with Gasteiger partial charge in [-0.15, -0.1) is 0 Å². The molecule has 0 saturated carbocycles. The summed E-state index contributed by atoms with van der Waals surface area (Å²) >= 11 is 0. The number of benzene rings is 2. The Balaban J connectivity index is 2.04. The molecular weight excluding hydrogens is 266 g/mol. The van der Waals surface area contributed by atoms with Crippen LogP contribution in [0.4, 0.5) is 16.2 Å². The van der Waals surface area contributed by atoms with Gasteiger partial charge < -0.3 is 20.7 Å². The van der Waals surface area contributed by atoms with Crippen molar-refractivity contribution in [2.24, 2.45) is 0 Å². The summed E-state index contributed by atoms with van der Waals surface area (Å²) in [6.07, 6.45) is 0. The number of ether oxygens (including phenoxy) is 1. The van der Waals surface area contributed by atoms with Crippen LogP contribution in [-0.2, 0) is 6.54 Å². The Bertz CT molecular complexity index is 614. The first-order valence-electron chi connectivity index (χ1n) is 6.67. The van der Waals surface area contributed by atoms with Crippen LogP contribution in [0.5, 0.6) is 5.75 Å². The van der Waals surface area contributed by atoms with E-state index >= 15 is 0 Å². The van der Waals surface area contributed by atoms with Crippen molar-refractivity contribution in [1.29, 1.82) is 0 Å². The van der Waals surface area contributed by atoms with Gasteiger partial charge in [-0.1, -0.05) is 24.3 Å². The zero-order valence-corrected chi connectivity index (χ0v) is 12.1. The van der Waals surface area contributed by atoms with Crippen LogP contribution in [0.2, 0.25) is 0 Å². The molecule has 0 fully saturated rings. The average molecular weight is 285 g/mol. The number of rotatable bonds is 5. The van der Waals surface area contributed by atoms with Crippen LogP contribution in [-0.4, -0.2) is 20.2 Å². The Labute approximate surface area is 124 Å². The quantitative estimate of drug-likeness (QED) is 0.791. The molecule has 0 aliphatic carbocycles. The predicted octanol–water partition coefficient (Wildman–Crippen LogP) is 3.06. The number of anilines is 2. The number of hydrogen-bond acceptors (Lipinski definition) is 3. The Hall–Kier alpha value is -2.53. The molecule has 110 valence electrons. The zero-order chi connectivity index (χ0) is 15.1. The number of hydrogen-bond donors (Lipinski definition) is 3. The van der Waals surface area contributed by atoms with Crippen molar-refractivity contribution in [2.75, 3.05) is 24.8 Å². The summed E-state index contributed by atoms with van der Waals surface area (Å²) in [5.41, 5.74) is 2.49. The molecule has 0 atom stereocenters. The van der Waals surface area contributed by atoms with Crippen molar-refractivity contribution in [1.82, 2.24) is 5.32 Å². The van der Waals surface area contributed by atoms with Gasteiger partial charge >= 0.3 is 6.03 Å². The van der Waals surface area contributed by atoms with Crippen LogP contribution in [0.3, 0.4) is 0 Å². The molecule has 5 nitrogen and oxygen atoms in total. The maximum atomic E-state index is 12.1. The zero-order valence-electron chi connectivity index (χ0n) is 12.1. The highest BCUT2D eigenvalue weighted by molar-refractivity contribution is 6.00. The van der Waals surface area contributed by atoms with Crippen molar-refractivity contribution in [3.05, 3.63) is 54.1 Å². The van der Waals surface area contributed by atoms with Crippen LogP contribution in [0.1, 0.15) is 5.56 Å². The second kappa shape index (κ2) is 7.31. The topological polar surface area (TPSA) is 62.4 Å². The van der Waals surface area contributed by atoms with Gasteiger partial charge in [0.25, 0.3) is 0 Å². The molecule has 5 heteroatoms. The Morgan fingerprint density at radius 3 is 2.67 bits per heavy atom. The fourth-order valence-electron chi connectivity index (χ4n) is 1.97. The van der Waals surface area contributed by atoms with E-state index in [1.165, 1.54) is 0 Å².